The summed E-state index contributed by atoms with van der Waals surface area (Å²) in [6, 6.07) is 9.20. The Balaban J connectivity index is 1.78. The minimum atomic E-state index is -0.712. The summed E-state index contributed by atoms with van der Waals surface area (Å²) in [5.74, 6) is -0.151. The second-order valence-corrected chi connectivity index (χ2v) is 5.09. The van der Waals surface area contributed by atoms with Crippen LogP contribution in [0.4, 0.5) is 0 Å². The van der Waals surface area contributed by atoms with Gasteiger partial charge in [-0.3, -0.25) is 4.79 Å². The number of nitrogens with one attached hydrogen (secondary N) is 1. The van der Waals surface area contributed by atoms with Gasteiger partial charge in [-0.2, -0.15) is 0 Å². The third kappa shape index (κ3) is 4.31. The summed E-state index contributed by atoms with van der Waals surface area (Å²) in [5, 5.41) is 16.6. The van der Waals surface area contributed by atoms with Crippen molar-refractivity contribution in [2.75, 3.05) is 6.54 Å². The molecule has 2 N–H and O–H groups in total. The van der Waals surface area contributed by atoms with Gasteiger partial charge in [-0.05, 0) is 30.5 Å². The molecular weight excluding hydrogens is 292 g/mol. The van der Waals surface area contributed by atoms with E-state index in [1.807, 2.05) is 30.3 Å². The summed E-state index contributed by atoms with van der Waals surface area (Å²) in [5.41, 5.74) is 2.21. The Kier molecular flexibility index (Phi) is 5.36. The fraction of sp³-hybridized carbons (Fsp3) is 0.333. The first-order chi connectivity index (χ1) is 10.1. The minimum Gasteiger partial charge on any atom is -0.387 e. The Morgan fingerprint density at radius 2 is 2.14 bits per heavy atom. The topological polar surface area (TPSA) is 75.4 Å². The molecule has 112 valence electrons. The zero-order valence-corrected chi connectivity index (χ0v) is 12.4. The first-order valence-corrected chi connectivity index (χ1v) is 7.06. The molecule has 5 nitrogen and oxygen atoms in total. The van der Waals surface area contributed by atoms with Crippen LogP contribution in [-0.4, -0.2) is 22.7 Å². The lowest BCUT2D eigenvalue weighted by atomic mass is 10.1. The van der Waals surface area contributed by atoms with Crippen molar-refractivity contribution < 1.29 is 14.4 Å². The van der Waals surface area contributed by atoms with Crippen LogP contribution in [0.25, 0.3) is 0 Å². The molecule has 0 fully saturated rings. The number of rotatable bonds is 6. The molecule has 1 atom stereocenters. The molecule has 0 aliphatic carbocycles. The molecule has 0 aliphatic heterocycles. The van der Waals surface area contributed by atoms with E-state index in [9.17, 15) is 9.90 Å². The van der Waals surface area contributed by atoms with Crippen molar-refractivity contribution in [3.63, 3.8) is 0 Å². The van der Waals surface area contributed by atoms with Gasteiger partial charge in [0.2, 0.25) is 11.1 Å². The third-order valence-corrected chi connectivity index (χ3v) is 3.51. The SMILES string of the molecule is Cc1noc(Cl)c1CCC(=O)NC[C@H](O)c1ccccc1. The molecule has 21 heavy (non-hydrogen) atoms. The lowest BCUT2D eigenvalue weighted by molar-refractivity contribution is -0.121. The van der Waals surface area contributed by atoms with Crippen LogP contribution in [0.3, 0.4) is 0 Å². The predicted octanol–water partition coefficient (Wildman–Crippen LogP) is 2.42. The maximum atomic E-state index is 11.8. The van der Waals surface area contributed by atoms with Crippen LogP contribution < -0.4 is 5.32 Å². The molecule has 0 radical (unpaired) electrons. The number of aryl methyl sites for hydroxylation is 1. The maximum Gasteiger partial charge on any atom is 0.229 e. The molecule has 1 amide bonds. The van der Waals surface area contributed by atoms with E-state index in [-0.39, 0.29) is 24.1 Å². The fourth-order valence-corrected chi connectivity index (χ4v) is 2.24. The minimum absolute atomic E-state index is 0.151. The van der Waals surface area contributed by atoms with Crippen molar-refractivity contribution in [2.24, 2.45) is 0 Å². The standard InChI is InChI=1S/C15H17ClN2O3/c1-10-12(15(16)21-18-10)7-8-14(20)17-9-13(19)11-5-3-2-4-6-11/h2-6,13,19H,7-9H2,1H3,(H,17,20)/t13-/m0/s1. The van der Waals surface area contributed by atoms with Crippen LogP contribution in [0.15, 0.2) is 34.9 Å². The summed E-state index contributed by atoms with van der Waals surface area (Å²) >= 11 is 5.84. The summed E-state index contributed by atoms with van der Waals surface area (Å²) in [6.45, 7) is 1.96. The first-order valence-electron chi connectivity index (χ1n) is 6.68. The van der Waals surface area contributed by atoms with Gasteiger partial charge in [-0.25, -0.2) is 0 Å². The monoisotopic (exact) mass is 308 g/mol. The smallest absolute Gasteiger partial charge is 0.229 e. The van der Waals surface area contributed by atoms with Crippen LogP contribution in [0.2, 0.25) is 5.22 Å². The molecule has 2 aromatic rings. The number of halogens is 1. The zero-order chi connectivity index (χ0) is 15.2. The van der Waals surface area contributed by atoms with Crippen molar-refractivity contribution >= 4 is 17.5 Å². The number of hydrogen-bond acceptors (Lipinski definition) is 4. The van der Waals surface area contributed by atoms with E-state index < -0.39 is 6.10 Å². The second-order valence-electron chi connectivity index (χ2n) is 4.75. The number of hydrogen-bond donors (Lipinski definition) is 2. The number of amides is 1. The Morgan fingerprint density at radius 3 is 2.76 bits per heavy atom. The van der Waals surface area contributed by atoms with Crippen LogP contribution in [0.1, 0.15) is 29.3 Å². The highest BCUT2D eigenvalue weighted by molar-refractivity contribution is 6.29. The van der Waals surface area contributed by atoms with Crippen molar-refractivity contribution in [2.45, 2.75) is 25.9 Å². The largest absolute Gasteiger partial charge is 0.387 e. The Hall–Kier alpha value is -1.85. The van der Waals surface area contributed by atoms with Gasteiger partial charge in [0, 0.05) is 18.5 Å². The van der Waals surface area contributed by atoms with Gasteiger partial charge in [-0.1, -0.05) is 35.5 Å². The number of aliphatic hydroxyl groups is 1. The predicted molar refractivity (Wildman–Crippen MR) is 79.0 cm³/mol. The Morgan fingerprint density at radius 1 is 1.43 bits per heavy atom. The lowest BCUT2D eigenvalue weighted by Crippen LogP contribution is -2.28. The molecule has 1 aromatic heterocycles. The van der Waals surface area contributed by atoms with E-state index in [1.165, 1.54) is 0 Å². The van der Waals surface area contributed by atoms with Gasteiger partial charge in [-0.15, -0.1) is 0 Å². The lowest BCUT2D eigenvalue weighted by Gasteiger charge is -2.12. The van der Waals surface area contributed by atoms with Crippen molar-refractivity contribution in [1.29, 1.82) is 0 Å². The van der Waals surface area contributed by atoms with E-state index in [4.69, 9.17) is 16.1 Å². The summed E-state index contributed by atoms with van der Waals surface area (Å²) in [6.07, 6.45) is 0.0149. The second kappa shape index (κ2) is 7.24. The van der Waals surface area contributed by atoms with Gasteiger partial charge in [0.05, 0.1) is 11.8 Å². The van der Waals surface area contributed by atoms with Crippen molar-refractivity contribution in [1.82, 2.24) is 10.5 Å². The average Bonchev–Trinajstić information content (AvgIpc) is 2.82. The van der Waals surface area contributed by atoms with Crippen LogP contribution in [-0.2, 0) is 11.2 Å². The number of aromatic nitrogens is 1. The van der Waals surface area contributed by atoms with Gasteiger partial charge in [0.15, 0.2) is 0 Å². The molecule has 0 aliphatic rings. The highest BCUT2D eigenvalue weighted by atomic mass is 35.5. The normalized spacial score (nSPS) is 12.1. The van der Waals surface area contributed by atoms with Gasteiger partial charge >= 0.3 is 0 Å². The van der Waals surface area contributed by atoms with E-state index in [2.05, 4.69) is 10.5 Å². The van der Waals surface area contributed by atoms with E-state index >= 15 is 0 Å². The highest BCUT2D eigenvalue weighted by Crippen LogP contribution is 2.20. The van der Waals surface area contributed by atoms with Crippen LogP contribution in [0, 0.1) is 6.92 Å². The number of benzene rings is 1. The Labute approximate surface area is 127 Å². The summed E-state index contributed by atoms with van der Waals surface area (Å²) < 4.78 is 4.83. The average molecular weight is 309 g/mol. The number of carbonyl (C=O) groups is 1. The molecular formula is C15H17ClN2O3. The molecule has 0 saturated carbocycles. The number of nitrogens with zero attached hydrogens (tertiary/aromatic N) is 1. The van der Waals surface area contributed by atoms with Crippen molar-refractivity contribution in [3.05, 3.63) is 52.4 Å². The fourth-order valence-electron chi connectivity index (χ4n) is 1.97. The summed E-state index contributed by atoms with van der Waals surface area (Å²) in [4.78, 5) is 11.8. The van der Waals surface area contributed by atoms with Gasteiger partial charge < -0.3 is 14.9 Å². The van der Waals surface area contributed by atoms with Gasteiger partial charge in [0.1, 0.15) is 0 Å². The van der Waals surface area contributed by atoms with Crippen LogP contribution in [0.5, 0.6) is 0 Å². The molecule has 0 bridgehead atoms. The van der Waals surface area contributed by atoms with E-state index in [1.54, 1.807) is 6.92 Å². The maximum absolute atomic E-state index is 11.8. The molecule has 0 saturated heterocycles. The molecule has 0 unspecified atom stereocenters. The molecule has 0 spiro atoms. The first kappa shape index (κ1) is 15.5. The number of aliphatic hydroxyl groups excluding tert-OH is 1. The highest BCUT2D eigenvalue weighted by Gasteiger charge is 2.13. The molecule has 2 rings (SSSR count). The third-order valence-electron chi connectivity index (χ3n) is 3.22. The summed E-state index contributed by atoms with van der Waals surface area (Å²) in [7, 11) is 0. The van der Waals surface area contributed by atoms with E-state index in [0.29, 0.717) is 12.1 Å². The molecule has 1 heterocycles. The van der Waals surface area contributed by atoms with Crippen LogP contribution >= 0.6 is 11.6 Å². The van der Waals surface area contributed by atoms with Gasteiger partial charge in [0.25, 0.3) is 0 Å². The van der Waals surface area contributed by atoms with E-state index in [0.717, 1.165) is 11.1 Å². The quantitative estimate of drug-likeness (QED) is 0.859. The molecule has 6 heteroatoms. The molecule has 1 aromatic carbocycles. The Bertz CT molecular complexity index is 579. The zero-order valence-electron chi connectivity index (χ0n) is 11.7. The number of carbonyl (C=O) groups excluding carboxylic acids is 1. The van der Waals surface area contributed by atoms with Crippen molar-refractivity contribution in [3.8, 4) is 0 Å².